The molecule has 0 aliphatic heterocycles. The third-order valence-corrected chi connectivity index (χ3v) is 3.48. The molecule has 2 aromatic rings. The highest BCUT2D eigenvalue weighted by molar-refractivity contribution is 7.09. The van der Waals surface area contributed by atoms with Gasteiger partial charge in [-0.2, -0.15) is 0 Å². The van der Waals surface area contributed by atoms with Gasteiger partial charge >= 0.3 is 0 Å². The number of thiazole rings is 1. The fourth-order valence-corrected chi connectivity index (χ4v) is 2.29. The molecule has 1 aromatic carbocycles. The number of hydrogen-bond donors (Lipinski definition) is 1. The van der Waals surface area contributed by atoms with E-state index >= 15 is 0 Å². The van der Waals surface area contributed by atoms with E-state index in [1.807, 2.05) is 29.6 Å². The van der Waals surface area contributed by atoms with E-state index < -0.39 is 0 Å². The van der Waals surface area contributed by atoms with Gasteiger partial charge in [-0.05, 0) is 30.8 Å². The van der Waals surface area contributed by atoms with Gasteiger partial charge < -0.3 is 10.1 Å². The first-order chi connectivity index (χ1) is 8.78. The zero-order chi connectivity index (χ0) is 12.8. The van der Waals surface area contributed by atoms with E-state index in [1.54, 1.807) is 11.3 Å². The van der Waals surface area contributed by atoms with Gasteiger partial charge in [-0.25, -0.2) is 4.98 Å². The van der Waals surface area contributed by atoms with Crippen LogP contribution in [0.2, 0.25) is 5.02 Å². The van der Waals surface area contributed by atoms with Gasteiger partial charge in [-0.3, -0.25) is 0 Å². The monoisotopic (exact) mass is 282 g/mol. The summed E-state index contributed by atoms with van der Waals surface area (Å²) in [5.41, 5.74) is 0.961. The quantitative estimate of drug-likeness (QED) is 0.881. The molecule has 0 spiro atoms. The standard InChI is InChI=1S/C13H15ClN2OS/c1-2-15-7-13-16-11(9-18-13)8-17-12-5-3-10(14)4-6-12/h3-6,9,15H,2,7-8H2,1H3. The van der Waals surface area contributed by atoms with Gasteiger partial charge in [0.1, 0.15) is 17.4 Å². The lowest BCUT2D eigenvalue weighted by atomic mass is 10.3. The molecule has 0 bridgehead atoms. The SMILES string of the molecule is CCNCc1nc(COc2ccc(Cl)cc2)cs1. The predicted octanol–water partition coefficient (Wildman–Crippen LogP) is 3.49. The molecule has 5 heteroatoms. The Hall–Kier alpha value is -1.10. The van der Waals surface area contributed by atoms with Crippen molar-refractivity contribution in [2.45, 2.75) is 20.1 Å². The van der Waals surface area contributed by atoms with Crippen molar-refractivity contribution in [2.75, 3.05) is 6.54 Å². The van der Waals surface area contributed by atoms with Crippen LogP contribution in [0.4, 0.5) is 0 Å². The van der Waals surface area contributed by atoms with Crippen LogP contribution in [0, 0.1) is 0 Å². The van der Waals surface area contributed by atoms with Crippen molar-refractivity contribution in [3.05, 3.63) is 45.4 Å². The lowest BCUT2D eigenvalue weighted by Crippen LogP contribution is -2.11. The molecule has 0 fully saturated rings. The fourth-order valence-electron chi connectivity index (χ4n) is 1.42. The Morgan fingerprint density at radius 3 is 2.83 bits per heavy atom. The second-order valence-corrected chi connectivity index (χ2v) is 5.13. The van der Waals surface area contributed by atoms with Crippen LogP contribution in [0.25, 0.3) is 0 Å². The molecule has 1 heterocycles. The highest BCUT2D eigenvalue weighted by Gasteiger charge is 2.02. The maximum Gasteiger partial charge on any atom is 0.131 e. The molecule has 96 valence electrons. The van der Waals surface area contributed by atoms with Gasteiger partial charge in [0.25, 0.3) is 0 Å². The highest BCUT2D eigenvalue weighted by atomic mass is 35.5. The number of nitrogens with zero attached hydrogens (tertiary/aromatic N) is 1. The molecular formula is C13H15ClN2OS. The average Bonchev–Trinajstić information content (AvgIpc) is 2.84. The average molecular weight is 283 g/mol. The molecule has 3 nitrogen and oxygen atoms in total. The topological polar surface area (TPSA) is 34.2 Å². The van der Waals surface area contributed by atoms with Gasteiger partial charge in [-0.15, -0.1) is 11.3 Å². The summed E-state index contributed by atoms with van der Waals surface area (Å²) in [4.78, 5) is 4.49. The minimum Gasteiger partial charge on any atom is -0.487 e. The maximum absolute atomic E-state index is 5.81. The lowest BCUT2D eigenvalue weighted by Gasteiger charge is -2.03. The molecule has 2 rings (SSSR count). The van der Waals surface area contributed by atoms with Crippen LogP contribution in [0.15, 0.2) is 29.6 Å². The number of nitrogens with one attached hydrogen (secondary N) is 1. The Morgan fingerprint density at radius 1 is 1.33 bits per heavy atom. The van der Waals surface area contributed by atoms with Crippen LogP contribution in [0.1, 0.15) is 17.6 Å². The number of halogens is 1. The zero-order valence-electron chi connectivity index (χ0n) is 10.1. The summed E-state index contributed by atoms with van der Waals surface area (Å²) in [6.45, 7) is 4.35. The largest absolute Gasteiger partial charge is 0.487 e. The van der Waals surface area contributed by atoms with Crippen molar-refractivity contribution in [2.24, 2.45) is 0 Å². The van der Waals surface area contributed by atoms with Crippen LogP contribution in [0.5, 0.6) is 5.75 Å². The summed E-state index contributed by atoms with van der Waals surface area (Å²) in [5, 5.41) is 7.08. The van der Waals surface area contributed by atoms with Gasteiger partial charge in [0.15, 0.2) is 0 Å². The molecule has 0 saturated heterocycles. The molecule has 0 aliphatic rings. The summed E-state index contributed by atoms with van der Waals surface area (Å²) in [6.07, 6.45) is 0. The van der Waals surface area contributed by atoms with Gasteiger partial charge in [-0.1, -0.05) is 18.5 Å². The first-order valence-corrected chi connectivity index (χ1v) is 7.06. The summed E-state index contributed by atoms with van der Waals surface area (Å²) < 4.78 is 5.63. The molecule has 0 radical (unpaired) electrons. The normalized spacial score (nSPS) is 10.6. The summed E-state index contributed by atoms with van der Waals surface area (Å²) in [5.74, 6) is 0.806. The van der Waals surface area contributed by atoms with E-state index in [-0.39, 0.29) is 0 Å². The number of benzene rings is 1. The minimum atomic E-state index is 0.490. The van der Waals surface area contributed by atoms with Crippen LogP contribution in [-0.2, 0) is 13.2 Å². The van der Waals surface area contributed by atoms with Crippen molar-refractivity contribution < 1.29 is 4.74 Å². The molecule has 0 saturated carbocycles. The smallest absolute Gasteiger partial charge is 0.131 e. The number of aromatic nitrogens is 1. The summed E-state index contributed by atoms with van der Waals surface area (Å²) >= 11 is 7.46. The van der Waals surface area contributed by atoms with Crippen molar-refractivity contribution in [3.63, 3.8) is 0 Å². The molecule has 0 aliphatic carbocycles. The minimum absolute atomic E-state index is 0.490. The Kier molecular flexibility index (Phi) is 4.99. The Morgan fingerprint density at radius 2 is 2.11 bits per heavy atom. The van der Waals surface area contributed by atoms with Crippen LogP contribution in [0.3, 0.4) is 0 Å². The molecule has 1 aromatic heterocycles. The van der Waals surface area contributed by atoms with Crippen molar-refractivity contribution in [1.82, 2.24) is 10.3 Å². The van der Waals surface area contributed by atoms with E-state index in [4.69, 9.17) is 16.3 Å². The third kappa shape index (κ3) is 3.98. The predicted molar refractivity (Wildman–Crippen MR) is 75.3 cm³/mol. The Bertz CT molecular complexity index is 484. The van der Waals surface area contributed by atoms with Crippen molar-refractivity contribution >= 4 is 22.9 Å². The van der Waals surface area contributed by atoms with Gasteiger partial charge in [0, 0.05) is 16.9 Å². The fraction of sp³-hybridized carbons (Fsp3) is 0.308. The Balaban J connectivity index is 1.86. The van der Waals surface area contributed by atoms with E-state index in [1.165, 1.54) is 0 Å². The van der Waals surface area contributed by atoms with Crippen LogP contribution < -0.4 is 10.1 Å². The molecule has 1 N–H and O–H groups in total. The van der Waals surface area contributed by atoms with Gasteiger partial charge in [0.2, 0.25) is 0 Å². The molecule has 0 unspecified atom stereocenters. The molecule has 0 amide bonds. The van der Waals surface area contributed by atoms with Crippen LogP contribution >= 0.6 is 22.9 Å². The number of rotatable bonds is 6. The summed E-state index contributed by atoms with van der Waals surface area (Å²) in [7, 11) is 0. The van der Waals surface area contributed by atoms with E-state index in [0.717, 1.165) is 29.5 Å². The second kappa shape index (κ2) is 6.73. The number of ether oxygens (including phenoxy) is 1. The first kappa shape index (κ1) is 13.3. The number of hydrogen-bond acceptors (Lipinski definition) is 4. The second-order valence-electron chi connectivity index (χ2n) is 3.76. The Labute approximate surface area is 116 Å². The zero-order valence-corrected chi connectivity index (χ0v) is 11.7. The summed E-state index contributed by atoms with van der Waals surface area (Å²) in [6, 6.07) is 7.34. The molecular weight excluding hydrogens is 268 g/mol. The van der Waals surface area contributed by atoms with E-state index in [9.17, 15) is 0 Å². The maximum atomic E-state index is 5.81. The van der Waals surface area contributed by atoms with E-state index in [0.29, 0.717) is 11.6 Å². The molecule has 0 atom stereocenters. The molecule has 18 heavy (non-hydrogen) atoms. The third-order valence-electron chi connectivity index (χ3n) is 2.33. The van der Waals surface area contributed by atoms with Crippen molar-refractivity contribution in [3.8, 4) is 5.75 Å². The van der Waals surface area contributed by atoms with E-state index in [2.05, 4.69) is 17.2 Å². The van der Waals surface area contributed by atoms with Crippen molar-refractivity contribution in [1.29, 1.82) is 0 Å². The highest BCUT2D eigenvalue weighted by Crippen LogP contribution is 2.17. The first-order valence-electron chi connectivity index (χ1n) is 5.80. The van der Waals surface area contributed by atoms with Gasteiger partial charge in [0.05, 0.1) is 5.69 Å². The lowest BCUT2D eigenvalue weighted by molar-refractivity contribution is 0.302. The van der Waals surface area contributed by atoms with Crippen LogP contribution in [-0.4, -0.2) is 11.5 Å².